The minimum atomic E-state index is 0.0230. The first-order chi connectivity index (χ1) is 8.07. The Labute approximate surface area is 104 Å². The minimum absolute atomic E-state index is 0.0230. The van der Waals surface area contributed by atoms with Gasteiger partial charge in [-0.25, -0.2) is 4.79 Å². The lowest BCUT2D eigenvalue weighted by Gasteiger charge is -2.38. The summed E-state index contributed by atoms with van der Waals surface area (Å²) in [5.74, 6) is 0. The van der Waals surface area contributed by atoms with E-state index in [9.17, 15) is 4.79 Å². The number of hydrogen-bond donors (Lipinski definition) is 2. The summed E-state index contributed by atoms with van der Waals surface area (Å²) in [6.07, 6.45) is 5.90. The Morgan fingerprint density at radius 2 is 2.00 bits per heavy atom. The summed E-state index contributed by atoms with van der Waals surface area (Å²) in [6, 6.07) is 0.454. The predicted molar refractivity (Wildman–Crippen MR) is 69.0 cm³/mol. The number of amides is 2. The number of urea groups is 1. The zero-order chi connectivity index (χ0) is 12.3. The first-order valence-electron chi connectivity index (χ1n) is 6.80. The van der Waals surface area contributed by atoms with Gasteiger partial charge in [0, 0.05) is 12.6 Å². The molecule has 17 heavy (non-hydrogen) atoms. The van der Waals surface area contributed by atoms with Gasteiger partial charge in [-0.3, -0.25) is 0 Å². The van der Waals surface area contributed by atoms with Crippen molar-refractivity contribution < 1.29 is 4.79 Å². The molecule has 1 heterocycles. The Morgan fingerprint density at radius 1 is 1.35 bits per heavy atom. The molecule has 1 aliphatic carbocycles. The molecule has 4 heteroatoms. The Bertz CT molecular complexity index is 268. The summed E-state index contributed by atoms with van der Waals surface area (Å²) in [6.45, 7) is 5.37. The SMILES string of the molecule is CN1CCC(C)(CNC(=O)NC2CCC2)CC1. The van der Waals surface area contributed by atoms with E-state index in [1.807, 2.05) is 0 Å². The number of likely N-dealkylation sites (tertiary alicyclic amines) is 1. The van der Waals surface area contributed by atoms with Gasteiger partial charge in [-0.05, 0) is 57.7 Å². The topological polar surface area (TPSA) is 44.4 Å². The van der Waals surface area contributed by atoms with Crippen molar-refractivity contribution in [3.8, 4) is 0 Å². The normalized spacial score (nSPS) is 25.1. The lowest BCUT2D eigenvalue weighted by atomic mass is 9.80. The van der Waals surface area contributed by atoms with Gasteiger partial charge in [0.1, 0.15) is 0 Å². The first-order valence-corrected chi connectivity index (χ1v) is 6.80. The fraction of sp³-hybridized carbons (Fsp3) is 0.923. The van der Waals surface area contributed by atoms with Crippen molar-refractivity contribution in [2.45, 2.75) is 45.1 Å². The van der Waals surface area contributed by atoms with Gasteiger partial charge in [-0.2, -0.15) is 0 Å². The van der Waals surface area contributed by atoms with Crippen LogP contribution in [0.4, 0.5) is 4.79 Å². The molecule has 0 aromatic heterocycles. The Kier molecular flexibility index (Phi) is 3.92. The average Bonchev–Trinajstić information content (AvgIpc) is 2.26. The Hall–Kier alpha value is -0.770. The summed E-state index contributed by atoms with van der Waals surface area (Å²) >= 11 is 0. The number of nitrogens with zero attached hydrogens (tertiary/aromatic N) is 1. The average molecular weight is 239 g/mol. The van der Waals surface area contributed by atoms with Crippen LogP contribution in [0.3, 0.4) is 0 Å². The molecule has 4 nitrogen and oxygen atoms in total. The largest absolute Gasteiger partial charge is 0.338 e. The van der Waals surface area contributed by atoms with Crippen molar-refractivity contribution in [1.82, 2.24) is 15.5 Å². The summed E-state index contributed by atoms with van der Waals surface area (Å²) in [4.78, 5) is 14.0. The second-order valence-electron chi connectivity index (χ2n) is 6.07. The third-order valence-electron chi connectivity index (χ3n) is 4.31. The van der Waals surface area contributed by atoms with E-state index in [0.29, 0.717) is 6.04 Å². The fourth-order valence-corrected chi connectivity index (χ4v) is 2.42. The molecule has 2 fully saturated rings. The van der Waals surface area contributed by atoms with Crippen LogP contribution in [0, 0.1) is 5.41 Å². The molecular formula is C13H25N3O. The van der Waals surface area contributed by atoms with Crippen molar-refractivity contribution >= 4 is 6.03 Å². The van der Waals surface area contributed by atoms with E-state index in [-0.39, 0.29) is 11.4 Å². The molecule has 0 radical (unpaired) electrons. The predicted octanol–water partition coefficient (Wildman–Crippen LogP) is 1.57. The molecule has 1 aliphatic heterocycles. The number of carbonyl (C=O) groups is 1. The summed E-state index contributed by atoms with van der Waals surface area (Å²) < 4.78 is 0. The van der Waals surface area contributed by atoms with Gasteiger partial charge < -0.3 is 15.5 Å². The molecule has 0 atom stereocenters. The zero-order valence-corrected chi connectivity index (χ0v) is 11.1. The molecule has 0 aromatic carbocycles. The maximum atomic E-state index is 11.7. The fourth-order valence-electron chi connectivity index (χ4n) is 2.42. The number of nitrogens with one attached hydrogen (secondary N) is 2. The number of piperidine rings is 1. The van der Waals surface area contributed by atoms with E-state index < -0.39 is 0 Å². The van der Waals surface area contributed by atoms with Crippen molar-refractivity contribution in [3.05, 3.63) is 0 Å². The second-order valence-corrected chi connectivity index (χ2v) is 6.07. The molecule has 0 unspecified atom stereocenters. The highest BCUT2D eigenvalue weighted by Gasteiger charge is 2.29. The van der Waals surface area contributed by atoms with E-state index in [1.165, 1.54) is 19.3 Å². The van der Waals surface area contributed by atoms with Crippen molar-refractivity contribution in [1.29, 1.82) is 0 Å². The maximum absolute atomic E-state index is 11.7. The number of rotatable bonds is 3. The quantitative estimate of drug-likeness (QED) is 0.785. The van der Waals surface area contributed by atoms with Crippen LogP contribution >= 0.6 is 0 Å². The molecule has 2 N–H and O–H groups in total. The smallest absolute Gasteiger partial charge is 0.315 e. The van der Waals surface area contributed by atoms with Crippen molar-refractivity contribution in [2.24, 2.45) is 5.41 Å². The molecule has 1 saturated carbocycles. The molecule has 0 spiro atoms. The van der Waals surface area contributed by atoms with Crippen LogP contribution in [0.25, 0.3) is 0 Å². The van der Waals surface area contributed by atoms with Crippen LogP contribution in [0.1, 0.15) is 39.0 Å². The molecular weight excluding hydrogens is 214 g/mol. The Balaban J connectivity index is 1.67. The van der Waals surface area contributed by atoms with Crippen LogP contribution in [-0.2, 0) is 0 Å². The van der Waals surface area contributed by atoms with E-state index in [0.717, 1.165) is 32.5 Å². The first kappa shape index (κ1) is 12.7. The molecule has 2 rings (SSSR count). The third kappa shape index (κ3) is 3.60. The van der Waals surface area contributed by atoms with Gasteiger partial charge in [-0.1, -0.05) is 6.92 Å². The monoisotopic (exact) mass is 239 g/mol. The van der Waals surface area contributed by atoms with E-state index in [2.05, 4.69) is 29.5 Å². The minimum Gasteiger partial charge on any atom is -0.338 e. The Morgan fingerprint density at radius 3 is 2.53 bits per heavy atom. The van der Waals surface area contributed by atoms with Crippen LogP contribution in [0.5, 0.6) is 0 Å². The highest BCUT2D eigenvalue weighted by Crippen LogP contribution is 2.29. The number of carbonyl (C=O) groups excluding carboxylic acids is 1. The van der Waals surface area contributed by atoms with Gasteiger partial charge in [0.25, 0.3) is 0 Å². The second kappa shape index (κ2) is 5.25. The van der Waals surface area contributed by atoms with Crippen molar-refractivity contribution in [2.75, 3.05) is 26.7 Å². The van der Waals surface area contributed by atoms with Gasteiger partial charge in [0.2, 0.25) is 0 Å². The van der Waals surface area contributed by atoms with Gasteiger partial charge in [0.05, 0.1) is 0 Å². The van der Waals surface area contributed by atoms with Crippen LogP contribution in [0.2, 0.25) is 0 Å². The summed E-state index contributed by atoms with van der Waals surface area (Å²) in [7, 11) is 2.16. The summed E-state index contributed by atoms with van der Waals surface area (Å²) in [5.41, 5.74) is 0.281. The molecule has 2 amide bonds. The molecule has 98 valence electrons. The molecule has 0 bridgehead atoms. The van der Waals surface area contributed by atoms with Gasteiger partial charge >= 0.3 is 6.03 Å². The molecule has 1 saturated heterocycles. The van der Waals surface area contributed by atoms with E-state index in [4.69, 9.17) is 0 Å². The lowest BCUT2D eigenvalue weighted by Crippen LogP contribution is -2.49. The van der Waals surface area contributed by atoms with Crippen LogP contribution in [0.15, 0.2) is 0 Å². The third-order valence-corrected chi connectivity index (χ3v) is 4.31. The molecule has 2 aliphatic rings. The van der Waals surface area contributed by atoms with E-state index in [1.54, 1.807) is 0 Å². The van der Waals surface area contributed by atoms with Gasteiger partial charge in [0.15, 0.2) is 0 Å². The standard InChI is InChI=1S/C13H25N3O/c1-13(6-8-16(2)9-7-13)10-14-12(17)15-11-4-3-5-11/h11H,3-10H2,1-2H3,(H2,14,15,17). The van der Waals surface area contributed by atoms with Crippen molar-refractivity contribution in [3.63, 3.8) is 0 Å². The molecule has 0 aromatic rings. The lowest BCUT2D eigenvalue weighted by molar-refractivity contribution is 0.137. The van der Waals surface area contributed by atoms with Gasteiger partial charge in [-0.15, -0.1) is 0 Å². The van der Waals surface area contributed by atoms with Crippen LogP contribution < -0.4 is 10.6 Å². The van der Waals surface area contributed by atoms with Crippen LogP contribution in [-0.4, -0.2) is 43.7 Å². The summed E-state index contributed by atoms with van der Waals surface area (Å²) in [5, 5.41) is 6.06. The highest BCUT2D eigenvalue weighted by molar-refractivity contribution is 5.74. The highest BCUT2D eigenvalue weighted by atomic mass is 16.2. The zero-order valence-electron chi connectivity index (χ0n) is 11.1. The number of hydrogen-bond acceptors (Lipinski definition) is 2. The maximum Gasteiger partial charge on any atom is 0.315 e. The van der Waals surface area contributed by atoms with E-state index >= 15 is 0 Å².